The van der Waals surface area contributed by atoms with Gasteiger partial charge in [-0.15, -0.1) is 0 Å². The normalized spacial score (nSPS) is 10.5. The standard InChI is InChI=1S/C12H16BrNO/c1-4-14(9(2)3)12-6-5-11(13)7-10(12)8-15/h5-9H,4H2,1-3H3. The summed E-state index contributed by atoms with van der Waals surface area (Å²) in [4.78, 5) is 13.2. The first kappa shape index (κ1) is 12.2. The highest BCUT2D eigenvalue weighted by Crippen LogP contribution is 2.24. The highest BCUT2D eigenvalue weighted by atomic mass is 79.9. The Morgan fingerprint density at radius 2 is 2.13 bits per heavy atom. The van der Waals surface area contributed by atoms with Crippen molar-refractivity contribution in [1.82, 2.24) is 0 Å². The SMILES string of the molecule is CCN(c1ccc(Br)cc1C=O)C(C)C. The molecule has 0 aromatic heterocycles. The van der Waals surface area contributed by atoms with Crippen LogP contribution in [0.2, 0.25) is 0 Å². The third-order valence-corrected chi connectivity index (χ3v) is 2.88. The van der Waals surface area contributed by atoms with Gasteiger partial charge in [0.15, 0.2) is 6.29 Å². The molecule has 0 bridgehead atoms. The molecule has 1 aromatic carbocycles. The Morgan fingerprint density at radius 1 is 1.47 bits per heavy atom. The number of halogens is 1. The van der Waals surface area contributed by atoms with Crippen LogP contribution in [0, 0.1) is 0 Å². The van der Waals surface area contributed by atoms with E-state index in [4.69, 9.17) is 0 Å². The van der Waals surface area contributed by atoms with E-state index in [2.05, 4.69) is 41.6 Å². The predicted molar refractivity (Wildman–Crippen MR) is 67.7 cm³/mol. The lowest BCUT2D eigenvalue weighted by Gasteiger charge is -2.28. The number of rotatable bonds is 4. The first-order valence-electron chi connectivity index (χ1n) is 5.11. The predicted octanol–water partition coefficient (Wildman–Crippen LogP) is 3.50. The molecule has 2 nitrogen and oxygen atoms in total. The van der Waals surface area contributed by atoms with Crippen molar-refractivity contribution in [2.75, 3.05) is 11.4 Å². The molecule has 0 amide bonds. The smallest absolute Gasteiger partial charge is 0.152 e. The summed E-state index contributed by atoms with van der Waals surface area (Å²) < 4.78 is 0.938. The molecule has 1 rings (SSSR count). The average molecular weight is 270 g/mol. The molecule has 0 saturated carbocycles. The van der Waals surface area contributed by atoms with Gasteiger partial charge in [0.25, 0.3) is 0 Å². The second kappa shape index (κ2) is 5.31. The van der Waals surface area contributed by atoms with E-state index in [1.165, 1.54) is 0 Å². The molecule has 15 heavy (non-hydrogen) atoms. The van der Waals surface area contributed by atoms with Crippen LogP contribution >= 0.6 is 15.9 Å². The Bertz CT molecular complexity index is 349. The summed E-state index contributed by atoms with van der Waals surface area (Å²) in [6.45, 7) is 7.25. The number of hydrogen-bond donors (Lipinski definition) is 0. The van der Waals surface area contributed by atoms with Crippen LogP contribution in [-0.2, 0) is 0 Å². The van der Waals surface area contributed by atoms with E-state index >= 15 is 0 Å². The molecule has 1 aromatic rings. The quantitative estimate of drug-likeness (QED) is 0.780. The summed E-state index contributed by atoms with van der Waals surface area (Å²) in [5.74, 6) is 0. The average Bonchev–Trinajstić information content (AvgIpc) is 2.20. The molecule has 0 heterocycles. The second-order valence-electron chi connectivity index (χ2n) is 3.70. The Morgan fingerprint density at radius 3 is 2.60 bits per heavy atom. The number of carbonyl (C=O) groups is 1. The summed E-state index contributed by atoms with van der Waals surface area (Å²) in [6.07, 6.45) is 0.908. The van der Waals surface area contributed by atoms with Gasteiger partial charge in [0, 0.05) is 28.3 Å². The topological polar surface area (TPSA) is 20.3 Å². The maximum absolute atomic E-state index is 11.0. The Hall–Kier alpha value is -0.830. The van der Waals surface area contributed by atoms with E-state index in [9.17, 15) is 4.79 Å². The number of aldehydes is 1. The molecular weight excluding hydrogens is 254 g/mol. The number of benzene rings is 1. The fourth-order valence-corrected chi connectivity index (χ4v) is 2.07. The van der Waals surface area contributed by atoms with Crippen molar-refractivity contribution < 1.29 is 4.79 Å². The molecule has 0 aliphatic carbocycles. The lowest BCUT2D eigenvalue weighted by molar-refractivity contribution is 0.112. The van der Waals surface area contributed by atoms with Gasteiger partial charge >= 0.3 is 0 Å². The van der Waals surface area contributed by atoms with Gasteiger partial charge in [0.2, 0.25) is 0 Å². The van der Waals surface area contributed by atoms with Crippen LogP contribution in [0.15, 0.2) is 22.7 Å². The third-order valence-electron chi connectivity index (χ3n) is 2.39. The van der Waals surface area contributed by atoms with Gasteiger partial charge in [-0.3, -0.25) is 4.79 Å². The maximum atomic E-state index is 11.0. The van der Waals surface area contributed by atoms with E-state index in [0.29, 0.717) is 6.04 Å². The molecule has 0 unspecified atom stereocenters. The summed E-state index contributed by atoms with van der Waals surface area (Å²) in [5, 5.41) is 0. The fraction of sp³-hybridized carbons (Fsp3) is 0.417. The largest absolute Gasteiger partial charge is 0.369 e. The monoisotopic (exact) mass is 269 g/mol. The molecule has 0 saturated heterocycles. The van der Waals surface area contributed by atoms with Crippen molar-refractivity contribution in [1.29, 1.82) is 0 Å². The molecule has 0 radical (unpaired) electrons. The maximum Gasteiger partial charge on any atom is 0.152 e. The van der Waals surface area contributed by atoms with Gasteiger partial charge in [-0.25, -0.2) is 0 Å². The van der Waals surface area contributed by atoms with Crippen molar-refractivity contribution in [3.05, 3.63) is 28.2 Å². The van der Waals surface area contributed by atoms with Gasteiger partial charge in [-0.2, -0.15) is 0 Å². The minimum atomic E-state index is 0.398. The van der Waals surface area contributed by atoms with E-state index in [0.717, 1.165) is 28.6 Å². The molecule has 0 spiro atoms. The number of carbonyl (C=O) groups excluding carboxylic acids is 1. The van der Waals surface area contributed by atoms with E-state index in [1.807, 2.05) is 18.2 Å². The van der Waals surface area contributed by atoms with Crippen molar-refractivity contribution >= 4 is 27.9 Å². The number of anilines is 1. The summed E-state index contributed by atoms with van der Waals surface area (Å²) in [6, 6.07) is 6.20. The highest BCUT2D eigenvalue weighted by Gasteiger charge is 2.12. The molecule has 82 valence electrons. The molecule has 0 fully saturated rings. The van der Waals surface area contributed by atoms with Gasteiger partial charge in [0.05, 0.1) is 0 Å². The van der Waals surface area contributed by atoms with Crippen molar-refractivity contribution in [2.45, 2.75) is 26.8 Å². The van der Waals surface area contributed by atoms with E-state index < -0.39 is 0 Å². The summed E-state index contributed by atoms with van der Waals surface area (Å²) >= 11 is 3.37. The van der Waals surface area contributed by atoms with Crippen LogP contribution in [0.25, 0.3) is 0 Å². The molecule has 3 heteroatoms. The fourth-order valence-electron chi connectivity index (χ4n) is 1.69. The van der Waals surface area contributed by atoms with Crippen LogP contribution in [0.5, 0.6) is 0 Å². The zero-order valence-electron chi connectivity index (χ0n) is 9.33. The zero-order chi connectivity index (χ0) is 11.4. The molecule has 0 atom stereocenters. The van der Waals surface area contributed by atoms with Gasteiger partial charge < -0.3 is 4.90 Å². The first-order chi connectivity index (χ1) is 7.10. The molecule has 0 aliphatic heterocycles. The van der Waals surface area contributed by atoms with Crippen LogP contribution < -0.4 is 4.90 Å². The Labute approximate surface area is 99.4 Å². The van der Waals surface area contributed by atoms with Crippen molar-refractivity contribution in [3.8, 4) is 0 Å². The second-order valence-corrected chi connectivity index (χ2v) is 4.62. The van der Waals surface area contributed by atoms with Crippen molar-refractivity contribution in [2.24, 2.45) is 0 Å². The van der Waals surface area contributed by atoms with Crippen LogP contribution in [-0.4, -0.2) is 18.9 Å². The van der Waals surface area contributed by atoms with Crippen LogP contribution in [0.3, 0.4) is 0 Å². The van der Waals surface area contributed by atoms with Crippen molar-refractivity contribution in [3.63, 3.8) is 0 Å². The van der Waals surface area contributed by atoms with Gasteiger partial charge in [0.1, 0.15) is 0 Å². The first-order valence-corrected chi connectivity index (χ1v) is 5.90. The Kier molecular flexibility index (Phi) is 4.33. The lowest BCUT2D eigenvalue weighted by atomic mass is 10.1. The summed E-state index contributed by atoms with van der Waals surface area (Å²) in [7, 11) is 0. The van der Waals surface area contributed by atoms with Crippen LogP contribution in [0.1, 0.15) is 31.1 Å². The summed E-state index contributed by atoms with van der Waals surface area (Å²) in [5.41, 5.74) is 1.74. The minimum absolute atomic E-state index is 0.398. The molecular formula is C12H16BrNO. The molecule has 0 aliphatic rings. The lowest BCUT2D eigenvalue weighted by Crippen LogP contribution is -2.31. The number of hydrogen-bond acceptors (Lipinski definition) is 2. The van der Waals surface area contributed by atoms with Gasteiger partial charge in [-0.1, -0.05) is 15.9 Å². The van der Waals surface area contributed by atoms with Gasteiger partial charge in [-0.05, 0) is 39.0 Å². The zero-order valence-corrected chi connectivity index (χ0v) is 10.9. The highest BCUT2D eigenvalue weighted by molar-refractivity contribution is 9.10. The van der Waals surface area contributed by atoms with Crippen LogP contribution in [0.4, 0.5) is 5.69 Å². The van der Waals surface area contributed by atoms with E-state index in [-0.39, 0.29) is 0 Å². The minimum Gasteiger partial charge on any atom is -0.369 e. The third kappa shape index (κ3) is 2.81. The number of nitrogens with zero attached hydrogens (tertiary/aromatic N) is 1. The molecule has 0 N–H and O–H groups in total. The Balaban J connectivity index is 3.16. The van der Waals surface area contributed by atoms with E-state index in [1.54, 1.807) is 0 Å².